The van der Waals surface area contributed by atoms with E-state index in [4.69, 9.17) is 0 Å². The fourth-order valence-corrected chi connectivity index (χ4v) is 1.69. The molecule has 0 aromatic heterocycles. The van der Waals surface area contributed by atoms with Crippen molar-refractivity contribution in [3.63, 3.8) is 0 Å². The van der Waals surface area contributed by atoms with E-state index < -0.39 is 0 Å². The Kier molecular flexibility index (Phi) is 2.05. The second-order valence-electron chi connectivity index (χ2n) is 3.34. The van der Waals surface area contributed by atoms with Gasteiger partial charge in [-0.15, -0.1) is 0 Å². The summed E-state index contributed by atoms with van der Waals surface area (Å²) in [5, 5.41) is 2.78. The Balaban J connectivity index is 2.25. The minimum absolute atomic E-state index is 0.0121. The Hall–Kier alpha value is -1.31. The summed E-state index contributed by atoms with van der Waals surface area (Å²) in [6, 6.07) is 6.07. The average molecular weight is 174 g/mol. The lowest BCUT2D eigenvalue weighted by atomic mass is 10.1. The number of anilines is 1. The Morgan fingerprint density at radius 1 is 1.46 bits per heavy atom. The summed E-state index contributed by atoms with van der Waals surface area (Å²) in [6.45, 7) is 1.53. The number of rotatable bonds is 1. The number of nitrogens with one attached hydrogen (secondary N) is 1. The van der Waals surface area contributed by atoms with Crippen LogP contribution in [0.1, 0.15) is 24.5 Å². The highest BCUT2D eigenvalue weighted by Gasteiger charge is 2.10. The van der Waals surface area contributed by atoms with E-state index >= 15 is 0 Å². The van der Waals surface area contributed by atoms with E-state index in [9.17, 15) is 4.79 Å². The molecule has 0 spiro atoms. The molecule has 2 nitrogen and oxygen atoms in total. The van der Waals surface area contributed by atoms with Gasteiger partial charge in [0.1, 0.15) is 0 Å². The maximum absolute atomic E-state index is 10.8. The fraction of sp³-hybridized carbons (Fsp3) is 0.273. The van der Waals surface area contributed by atoms with Crippen molar-refractivity contribution in [1.29, 1.82) is 0 Å². The number of fused-ring (bicyclic) bond motifs is 1. The minimum Gasteiger partial charge on any atom is -0.326 e. The van der Waals surface area contributed by atoms with Gasteiger partial charge in [-0.2, -0.15) is 0 Å². The second kappa shape index (κ2) is 3.21. The molecular weight excluding hydrogens is 162 g/mol. The largest absolute Gasteiger partial charge is 0.326 e. The normalized spacial score (nSPS) is 13.9. The molecule has 1 radical (unpaired) electrons. The monoisotopic (exact) mass is 174 g/mol. The first kappa shape index (κ1) is 8.30. The zero-order valence-corrected chi connectivity index (χ0v) is 7.63. The molecule has 0 unspecified atom stereocenters. The van der Waals surface area contributed by atoms with E-state index in [-0.39, 0.29) is 5.91 Å². The molecule has 0 saturated carbocycles. The standard InChI is InChI=1S/C11H12NO/c1-8(13)12-11-6-5-9-3-2-4-10(9)7-11/h3,5-7H,2,4H2,1H3,(H,12,13). The molecule has 67 valence electrons. The molecule has 1 aliphatic carbocycles. The Morgan fingerprint density at radius 2 is 2.31 bits per heavy atom. The van der Waals surface area contributed by atoms with Crippen LogP contribution in [-0.4, -0.2) is 5.91 Å². The van der Waals surface area contributed by atoms with Gasteiger partial charge in [-0.25, -0.2) is 0 Å². The van der Waals surface area contributed by atoms with Gasteiger partial charge in [0.25, 0.3) is 0 Å². The van der Waals surface area contributed by atoms with E-state index in [0.717, 1.165) is 18.5 Å². The second-order valence-corrected chi connectivity index (χ2v) is 3.34. The van der Waals surface area contributed by atoms with Crippen LogP contribution in [0.3, 0.4) is 0 Å². The van der Waals surface area contributed by atoms with Gasteiger partial charge < -0.3 is 5.32 Å². The van der Waals surface area contributed by atoms with Crippen molar-refractivity contribution >= 4 is 11.6 Å². The van der Waals surface area contributed by atoms with E-state index in [1.165, 1.54) is 18.1 Å². The molecule has 1 aromatic carbocycles. The van der Waals surface area contributed by atoms with Crippen molar-refractivity contribution in [2.45, 2.75) is 19.8 Å². The van der Waals surface area contributed by atoms with Crippen LogP contribution in [0.15, 0.2) is 18.2 Å². The molecule has 13 heavy (non-hydrogen) atoms. The van der Waals surface area contributed by atoms with Gasteiger partial charge in [-0.05, 0) is 42.5 Å². The highest BCUT2D eigenvalue weighted by atomic mass is 16.1. The van der Waals surface area contributed by atoms with Crippen LogP contribution in [0, 0.1) is 6.42 Å². The van der Waals surface area contributed by atoms with Crippen molar-refractivity contribution < 1.29 is 4.79 Å². The molecule has 1 amide bonds. The smallest absolute Gasteiger partial charge is 0.221 e. The first-order valence-electron chi connectivity index (χ1n) is 4.49. The van der Waals surface area contributed by atoms with Crippen molar-refractivity contribution in [2.24, 2.45) is 0 Å². The summed E-state index contributed by atoms with van der Waals surface area (Å²) in [5.74, 6) is -0.0121. The van der Waals surface area contributed by atoms with Gasteiger partial charge in [0, 0.05) is 12.6 Å². The SMILES string of the molecule is CC(=O)Nc1ccc2c(c1)CC[CH]2. The zero-order chi connectivity index (χ0) is 9.26. The highest BCUT2D eigenvalue weighted by molar-refractivity contribution is 5.88. The third-order valence-electron chi connectivity index (χ3n) is 2.24. The predicted octanol–water partition coefficient (Wildman–Crippen LogP) is 2.14. The lowest BCUT2D eigenvalue weighted by Gasteiger charge is -2.04. The van der Waals surface area contributed by atoms with Gasteiger partial charge in [0.05, 0.1) is 0 Å². The van der Waals surface area contributed by atoms with Crippen LogP contribution in [-0.2, 0) is 11.2 Å². The van der Waals surface area contributed by atoms with E-state index in [1.807, 2.05) is 6.07 Å². The van der Waals surface area contributed by atoms with Crippen LogP contribution >= 0.6 is 0 Å². The number of amides is 1. The zero-order valence-electron chi connectivity index (χ0n) is 7.63. The van der Waals surface area contributed by atoms with E-state index in [1.54, 1.807) is 0 Å². The molecule has 2 rings (SSSR count). The van der Waals surface area contributed by atoms with Crippen LogP contribution < -0.4 is 5.32 Å². The van der Waals surface area contributed by atoms with E-state index in [2.05, 4.69) is 23.9 Å². The molecule has 1 N–H and O–H groups in total. The third kappa shape index (κ3) is 1.72. The maximum atomic E-state index is 10.8. The summed E-state index contributed by atoms with van der Waals surface area (Å²) < 4.78 is 0. The minimum atomic E-state index is -0.0121. The molecular formula is C11H12NO. The Morgan fingerprint density at radius 3 is 3.08 bits per heavy atom. The molecule has 0 heterocycles. The Labute approximate surface area is 78.0 Å². The summed E-state index contributed by atoms with van der Waals surface area (Å²) in [7, 11) is 0. The van der Waals surface area contributed by atoms with Gasteiger partial charge in [0.15, 0.2) is 0 Å². The van der Waals surface area contributed by atoms with Crippen molar-refractivity contribution in [3.8, 4) is 0 Å². The molecule has 0 fully saturated rings. The van der Waals surface area contributed by atoms with E-state index in [0.29, 0.717) is 0 Å². The molecule has 0 saturated heterocycles. The van der Waals surface area contributed by atoms with Crippen LogP contribution in [0.25, 0.3) is 0 Å². The number of benzene rings is 1. The van der Waals surface area contributed by atoms with Crippen LogP contribution in [0.4, 0.5) is 5.69 Å². The lowest BCUT2D eigenvalue weighted by molar-refractivity contribution is -0.114. The number of carbonyl (C=O) groups is 1. The maximum Gasteiger partial charge on any atom is 0.221 e. The van der Waals surface area contributed by atoms with Crippen molar-refractivity contribution in [3.05, 3.63) is 35.7 Å². The van der Waals surface area contributed by atoms with Crippen LogP contribution in [0.2, 0.25) is 0 Å². The number of aryl methyl sites for hydroxylation is 1. The molecule has 2 heteroatoms. The summed E-state index contributed by atoms with van der Waals surface area (Å²) in [4.78, 5) is 10.8. The van der Waals surface area contributed by atoms with Gasteiger partial charge in [0.2, 0.25) is 5.91 Å². The van der Waals surface area contributed by atoms with Crippen molar-refractivity contribution in [1.82, 2.24) is 0 Å². The molecule has 0 bridgehead atoms. The predicted molar refractivity (Wildman–Crippen MR) is 52.5 cm³/mol. The summed E-state index contributed by atoms with van der Waals surface area (Å²) in [6.07, 6.45) is 4.45. The summed E-state index contributed by atoms with van der Waals surface area (Å²) >= 11 is 0. The molecule has 1 aliphatic rings. The number of carbonyl (C=O) groups excluding carboxylic acids is 1. The average Bonchev–Trinajstić information content (AvgIpc) is 2.49. The lowest BCUT2D eigenvalue weighted by Crippen LogP contribution is -2.05. The number of hydrogen-bond acceptors (Lipinski definition) is 1. The molecule has 0 aliphatic heterocycles. The third-order valence-corrected chi connectivity index (χ3v) is 2.24. The quantitative estimate of drug-likeness (QED) is 0.694. The van der Waals surface area contributed by atoms with Gasteiger partial charge in [-0.1, -0.05) is 6.07 Å². The first-order chi connectivity index (χ1) is 6.25. The molecule has 1 aromatic rings. The Bertz CT molecular complexity index is 344. The van der Waals surface area contributed by atoms with Gasteiger partial charge in [-0.3, -0.25) is 4.79 Å². The highest BCUT2D eigenvalue weighted by Crippen LogP contribution is 2.26. The van der Waals surface area contributed by atoms with Crippen molar-refractivity contribution in [2.75, 3.05) is 5.32 Å². The number of hydrogen-bond donors (Lipinski definition) is 1. The first-order valence-corrected chi connectivity index (χ1v) is 4.49. The summed E-state index contributed by atoms with van der Waals surface area (Å²) in [5.41, 5.74) is 3.56. The van der Waals surface area contributed by atoms with Gasteiger partial charge >= 0.3 is 0 Å². The van der Waals surface area contributed by atoms with Crippen LogP contribution in [0.5, 0.6) is 0 Å². The fourth-order valence-electron chi connectivity index (χ4n) is 1.69. The molecule has 0 atom stereocenters. The topological polar surface area (TPSA) is 29.1 Å².